The highest BCUT2D eigenvalue weighted by atomic mass is 19.1. The number of ether oxygens (including phenoxy) is 1. The second kappa shape index (κ2) is 10.7. The molecule has 4 saturated heterocycles. The molecule has 4 aliphatic rings. The molecule has 0 spiro atoms. The number of rotatable bonds is 5. The van der Waals surface area contributed by atoms with Gasteiger partial charge in [0.2, 0.25) is 0 Å². The van der Waals surface area contributed by atoms with Crippen LogP contribution in [-0.2, 0) is 0 Å². The Morgan fingerprint density at radius 3 is 2.63 bits per heavy atom. The molecule has 2 aromatic heterocycles. The largest absolute Gasteiger partial charge is 0.505 e. The van der Waals surface area contributed by atoms with Crippen LogP contribution in [0.4, 0.5) is 23.4 Å². The SMILES string of the molecule is C#Cc1c(F)ccc2c(F)c(O)cc(-c3nc(C)c4c(N5CC6CCC(C5)N6)nc(OC[C@@]56CCCN5C[C@H](F)C6)nc4c3F)c12. The van der Waals surface area contributed by atoms with Gasteiger partial charge in [0, 0.05) is 54.5 Å². The van der Waals surface area contributed by atoms with Crippen LogP contribution >= 0.6 is 0 Å². The number of nitrogens with one attached hydrogen (secondary N) is 1. The van der Waals surface area contributed by atoms with E-state index in [2.05, 4.69) is 31.0 Å². The van der Waals surface area contributed by atoms with Crippen molar-refractivity contribution in [2.24, 2.45) is 0 Å². The van der Waals surface area contributed by atoms with Crippen molar-refractivity contribution >= 4 is 27.5 Å². The highest BCUT2D eigenvalue weighted by Crippen LogP contribution is 2.43. The number of aryl methyl sites for hydroxylation is 1. The monoisotopic (exact) mass is 632 g/mol. The molecule has 4 atom stereocenters. The number of hydrogen-bond acceptors (Lipinski definition) is 8. The van der Waals surface area contributed by atoms with Gasteiger partial charge in [0.1, 0.15) is 35.6 Å². The van der Waals surface area contributed by atoms with Gasteiger partial charge in [-0.3, -0.25) is 4.90 Å². The number of halogens is 4. The van der Waals surface area contributed by atoms with Crippen molar-refractivity contribution in [3.8, 4) is 35.4 Å². The van der Waals surface area contributed by atoms with Crippen LogP contribution in [0.15, 0.2) is 18.2 Å². The number of pyridine rings is 1. The molecule has 0 radical (unpaired) electrons. The minimum atomic E-state index is -1.01. The van der Waals surface area contributed by atoms with Crippen LogP contribution in [-0.4, -0.2) is 81.5 Å². The molecule has 238 valence electrons. The number of alkyl halides is 1. The number of benzene rings is 2. The average Bonchev–Trinajstić information content (AvgIpc) is 3.69. The number of aromatic nitrogens is 3. The lowest BCUT2D eigenvalue weighted by molar-refractivity contribution is 0.107. The molecule has 0 saturated carbocycles. The number of piperazine rings is 1. The summed E-state index contributed by atoms with van der Waals surface area (Å²) < 4.78 is 67.5. The van der Waals surface area contributed by atoms with Crippen LogP contribution in [0.5, 0.6) is 11.8 Å². The average molecular weight is 633 g/mol. The van der Waals surface area contributed by atoms with Crippen molar-refractivity contribution in [3.63, 3.8) is 0 Å². The maximum atomic E-state index is 16.9. The molecule has 6 heterocycles. The molecule has 2 N–H and O–H groups in total. The predicted octanol–water partition coefficient (Wildman–Crippen LogP) is 5.15. The smallest absolute Gasteiger partial charge is 0.319 e. The van der Waals surface area contributed by atoms with Crippen molar-refractivity contribution < 1.29 is 27.4 Å². The molecule has 0 amide bonds. The molecular formula is C34H32F4N6O2. The molecule has 2 aromatic carbocycles. The molecule has 2 bridgehead atoms. The maximum absolute atomic E-state index is 16.9. The van der Waals surface area contributed by atoms with Gasteiger partial charge < -0.3 is 20.1 Å². The minimum absolute atomic E-state index is 0.0467. The van der Waals surface area contributed by atoms with Crippen LogP contribution in [0, 0.1) is 36.7 Å². The Kier molecular flexibility index (Phi) is 6.78. The molecule has 8 rings (SSSR count). The molecular weight excluding hydrogens is 600 g/mol. The number of nitrogens with zero attached hydrogens (tertiary/aromatic N) is 5. The van der Waals surface area contributed by atoms with E-state index in [1.165, 1.54) is 0 Å². The van der Waals surface area contributed by atoms with Crippen LogP contribution in [0.25, 0.3) is 32.9 Å². The van der Waals surface area contributed by atoms with Gasteiger partial charge in [0.25, 0.3) is 0 Å². The van der Waals surface area contributed by atoms with E-state index in [1.807, 2.05) is 0 Å². The summed E-state index contributed by atoms with van der Waals surface area (Å²) in [6.07, 6.45) is 8.79. The number of anilines is 1. The molecule has 2 unspecified atom stereocenters. The first kappa shape index (κ1) is 29.2. The third-order valence-electron chi connectivity index (χ3n) is 10.2. The zero-order valence-corrected chi connectivity index (χ0v) is 25.2. The van der Waals surface area contributed by atoms with Crippen molar-refractivity contribution in [1.29, 1.82) is 0 Å². The fraction of sp³-hybridized carbons (Fsp3) is 0.441. The van der Waals surface area contributed by atoms with Crippen molar-refractivity contribution in [3.05, 3.63) is 46.9 Å². The molecule has 8 nitrogen and oxygen atoms in total. The van der Waals surface area contributed by atoms with Crippen molar-refractivity contribution in [1.82, 2.24) is 25.2 Å². The lowest BCUT2D eigenvalue weighted by Crippen LogP contribution is -2.51. The van der Waals surface area contributed by atoms with Gasteiger partial charge in [-0.25, -0.2) is 22.5 Å². The van der Waals surface area contributed by atoms with Gasteiger partial charge in [-0.2, -0.15) is 9.97 Å². The van der Waals surface area contributed by atoms with Crippen molar-refractivity contribution in [2.45, 2.75) is 62.8 Å². The number of phenolic OH excluding ortho intramolecular Hbond substituents is 1. The van der Waals surface area contributed by atoms with Crippen LogP contribution in [0.1, 0.15) is 43.4 Å². The Hall–Kier alpha value is -4.21. The summed E-state index contributed by atoms with van der Waals surface area (Å²) in [6, 6.07) is 3.61. The standard InChI is InChI=1S/C34H32F4N6O2/c1-3-21-24(36)8-7-22-27(21)23(11-25(45)28(22)37)30-29(38)31-26(17(2)39-30)32(43-14-19-5-6-20(15-43)40-19)42-33(41-31)46-16-34-9-4-10-44(34)13-18(35)12-34/h1,7-8,11,18-20,40,45H,4-6,9-10,12-16H2,2H3/t18-,19?,20?,34+/m1/s1. The maximum Gasteiger partial charge on any atom is 0.319 e. The number of phenols is 1. The Bertz CT molecular complexity index is 1950. The number of terminal acetylenes is 1. The van der Waals surface area contributed by atoms with E-state index >= 15 is 8.78 Å². The molecule has 46 heavy (non-hydrogen) atoms. The Balaban J connectivity index is 1.32. The van der Waals surface area contributed by atoms with Crippen molar-refractivity contribution in [2.75, 3.05) is 37.7 Å². The Morgan fingerprint density at radius 1 is 1.09 bits per heavy atom. The van der Waals surface area contributed by atoms with Crippen LogP contribution < -0.4 is 15.0 Å². The van der Waals surface area contributed by atoms with Gasteiger partial charge in [0.15, 0.2) is 17.4 Å². The summed E-state index contributed by atoms with van der Waals surface area (Å²) in [7, 11) is 0. The zero-order chi connectivity index (χ0) is 31.9. The van der Waals surface area contributed by atoms with Crippen LogP contribution in [0.3, 0.4) is 0 Å². The number of aromatic hydroxyl groups is 1. The molecule has 4 aromatic rings. The summed E-state index contributed by atoms with van der Waals surface area (Å²) in [5.74, 6) is -0.722. The van der Waals surface area contributed by atoms with Gasteiger partial charge >= 0.3 is 6.01 Å². The minimum Gasteiger partial charge on any atom is -0.505 e. The summed E-state index contributed by atoms with van der Waals surface area (Å²) in [6.45, 7) is 4.29. The zero-order valence-electron chi connectivity index (χ0n) is 25.2. The summed E-state index contributed by atoms with van der Waals surface area (Å²) in [5.41, 5.74) is -0.806. The van der Waals surface area contributed by atoms with E-state index < -0.39 is 34.9 Å². The predicted molar refractivity (Wildman–Crippen MR) is 165 cm³/mol. The van der Waals surface area contributed by atoms with Gasteiger partial charge in [-0.1, -0.05) is 5.92 Å². The quantitative estimate of drug-likeness (QED) is 0.231. The fourth-order valence-corrected chi connectivity index (χ4v) is 8.17. The molecule has 4 fully saturated rings. The lowest BCUT2D eigenvalue weighted by Gasteiger charge is -2.35. The topological polar surface area (TPSA) is 86.6 Å². The summed E-state index contributed by atoms with van der Waals surface area (Å²) in [5, 5.41) is 14.2. The second-order valence-corrected chi connectivity index (χ2v) is 13.1. The lowest BCUT2D eigenvalue weighted by atomic mass is 9.95. The van der Waals surface area contributed by atoms with Gasteiger partial charge in [-0.15, -0.1) is 6.42 Å². The van der Waals surface area contributed by atoms with Crippen LogP contribution in [0.2, 0.25) is 0 Å². The number of fused-ring (bicyclic) bond motifs is 5. The molecule has 12 heteroatoms. The first-order chi connectivity index (χ1) is 22.2. The van der Waals surface area contributed by atoms with E-state index in [1.54, 1.807) is 6.92 Å². The molecule has 0 aliphatic carbocycles. The van der Waals surface area contributed by atoms with Gasteiger partial charge in [0.05, 0.1) is 22.2 Å². The van der Waals surface area contributed by atoms with E-state index in [0.717, 1.165) is 50.4 Å². The van der Waals surface area contributed by atoms with E-state index in [-0.39, 0.29) is 57.8 Å². The summed E-state index contributed by atoms with van der Waals surface area (Å²) in [4.78, 5) is 18.2. The number of hydrogen-bond donors (Lipinski definition) is 2. The first-order valence-electron chi connectivity index (χ1n) is 15.7. The first-order valence-corrected chi connectivity index (χ1v) is 15.7. The normalized spacial score (nSPS) is 25.8. The van der Waals surface area contributed by atoms with Gasteiger partial charge in [-0.05, 0) is 57.4 Å². The Labute approximate surface area is 262 Å². The summed E-state index contributed by atoms with van der Waals surface area (Å²) >= 11 is 0. The highest BCUT2D eigenvalue weighted by molar-refractivity contribution is 6.03. The Morgan fingerprint density at radius 2 is 1.87 bits per heavy atom. The van der Waals surface area contributed by atoms with E-state index in [4.69, 9.17) is 16.1 Å². The highest BCUT2D eigenvalue weighted by Gasteiger charge is 2.49. The second-order valence-electron chi connectivity index (χ2n) is 13.1. The fourth-order valence-electron chi connectivity index (χ4n) is 8.17. The molecule has 4 aliphatic heterocycles. The third kappa shape index (κ3) is 4.47. The van der Waals surface area contributed by atoms with E-state index in [0.29, 0.717) is 43.0 Å². The van der Waals surface area contributed by atoms with E-state index in [9.17, 15) is 13.9 Å². The third-order valence-corrected chi connectivity index (χ3v) is 10.2.